The van der Waals surface area contributed by atoms with Crippen LogP contribution >= 0.6 is 0 Å². The molecular formula is C18H17N5O3. The summed E-state index contributed by atoms with van der Waals surface area (Å²) in [4.78, 5) is 28.0. The molecule has 0 spiro atoms. The van der Waals surface area contributed by atoms with Gasteiger partial charge in [0.25, 0.3) is 11.8 Å². The first kappa shape index (κ1) is 17.2. The molecule has 0 aliphatic rings. The highest BCUT2D eigenvalue weighted by atomic mass is 16.5. The summed E-state index contributed by atoms with van der Waals surface area (Å²) >= 11 is 0. The van der Waals surface area contributed by atoms with Gasteiger partial charge in [0.2, 0.25) is 0 Å². The van der Waals surface area contributed by atoms with Gasteiger partial charge in [0.1, 0.15) is 5.75 Å². The molecule has 2 N–H and O–H groups in total. The molecule has 2 aromatic heterocycles. The summed E-state index contributed by atoms with van der Waals surface area (Å²) in [7, 11) is 0. The van der Waals surface area contributed by atoms with Crippen LogP contribution in [0.4, 0.5) is 0 Å². The third-order valence-corrected chi connectivity index (χ3v) is 3.42. The van der Waals surface area contributed by atoms with Crippen LogP contribution in [0.3, 0.4) is 0 Å². The van der Waals surface area contributed by atoms with Gasteiger partial charge < -0.3 is 4.74 Å². The van der Waals surface area contributed by atoms with E-state index in [4.69, 9.17) is 4.74 Å². The summed E-state index contributed by atoms with van der Waals surface area (Å²) in [5, 5.41) is 4.05. The number of nitrogens with zero attached hydrogens (tertiary/aromatic N) is 3. The lowest BCUT2D eigenvalue weighted by molar-refractivity contribution is -0.123. The molecular weight excluding hydrogens is 334 g/mol. The summed E-state index contributed by atoms with van der Waals surface area (Å²) in [5.41, 5.74) is 5.96. The van der Waals surface area contributed by atoms with Crippen LogP contribution < -0.4 is 15.6 Å². The molecule has 1 aromatic carbocycles. The molecule has 2 amide bonds. The zero-order chi connectivity index (χ0) is 18.4. The average Bonchev–Trinajstić information content (AvgIpc) is 3.19. The number of amides is 2. The van der Waals surface area contributed by atoms with Gasteiger partial charge in [-0.05, 0) is 42.8 Å². The first-order chi connectivity index (χ1) is 12.6. The van der Waals surface area contributed by atoms with Crippen molar-refractivity contribution in [3.05, 3.63) is 72.2 Å². The molecule has 26 heavy (non-hydrogen) atoms. The topological polar surface area (TPSA) is 98.1 Å². The summed E-state index contributed by atoms with van der Waals surface area (Å²) in [6.07, 6.45) is 4.79. The van der Waals surface area contributed by atoms with Crippen LogP contribution in [0.5, 0.6) is 5.75 Å². The number of carbonyl (C=O) groups is 2. The van der Waals surface area contributed by atoms with Gasteiger partial charge in [0.05, 0.1) is 5.56 Å². The van der Waals surface area contributed by atoms with E-state index in [1.54, 1.807) is 41.3 Å². The van der Waals surface area contributed by atoms with Crippen molar-refractivity contribution in [2.75, 3.05) is 6.61 Å². The van der Waals surface area contributed by atoms with Crippen LogP contribution in [0, 0.1) is 6.92 Å². The number of benzene rings is 1. The van der Waals surface area contributed by atoms with Gasteiger partial charge in [-0.2, -0.15) is 5.10 Å². The number of nitrogens with one attached hydrogen (secondary N) is 2. The zero-order valence-corrected chi connectivity index (χ0v) is 14.0. The maximum absolute atomic E-state index is 12.0. The number of hydrogen-bond acceptors (Lipinski definition) is 5. The van der Waals surface area contributed by atoms with E-state index in [1.807, 2.05) is 25.1 Å². The van der Waals surface area contributed by atoms with E-state index in [0.29, 0.717) is 17.1 Å². The minimum atomic E-state index is -0.478. The van der Waals surface area contributed by atoms with Gasteiger partial charge >= 0.3 is 0 Å². The van der Waals surface area contributed by atoms with Crippen LogP contribution in [-0.2, 0) is 4.79 Å². The quantitative estimate of drug-likeness (QED) is 0.678. The van der Waals surface area contributed by atoms with E-state index >= 15 is 0 Å². The van der Waals surface area contributed by atoms with Crippen LogP contribution in [-0.4, -0.2) is 33.2 Å². The number of hydrogen-bond donors (Lipinski definition) is 2. The lowest BCUT2D eigenvalue weighted by atomic mass is 10.2. The number of carbonyl (C=O) groups excluding carboxylic acids is 2. The fraction of sp³-hybridized carbons (Fsp3) is 0.111. The van der Waals surface area contributed by atoms with E-state index in [0.717, 1.165) is 5.56 Å². The highest BCUT2D eigenvalue weighted by Gasteiger charge is 2.09. The number of ether oxygens (including phenoxy) is 1. The maximum Gasteiger partial charge on any atom is 0.276 e. The normalized spacial score (nSPS) is 10.2. The van der Waals surface area contributed by atoms with Crippen molar-refractivity contribution in [2.45, 2.75) is 6.92 Å². The standard InChI is InChI=1S/C18H17N5O3/c1-13-4-2-5-15(10-13)26-12-17(24)21-22-18(25)14-6-7-16(19-11-14)23-9-3-8-20-23/h2-11H,12H2,1H3,(H,21,24)(H,22,25). The predicted octanol–water partition coefficient (Wildman–Crippen LogP) is 1.42. The van der Waals surface area contributed by atoms with Crippen LogP contribution in [0.15, 0.2) is 61.1 Å². The van der Waals surface area contributed by atoms with Crippen LogP contribution in [0.1, 0.15) is 15.9 Å². The molecule has 8 heteroatoms. The third kappa shape index (κ3) is 4.44. The second-order valence-corrected chi connectivity index (χ2v) is 5.46. The first-order valence-corrected chi connectivity index (χ1v) is 7.86. The second-order valence-electron chi connectivity index (χ2n) is 5.46. The SMILES string of the molecule is Cc1cccc(OCC(=O)NNC(=O)c2ccc(-n3cccn3)nc2)c1. The molecule has 0 saturated carbocycles. The van der Waals surface area contributed by atoms with Crippen LogP contribution in [0.25, 0.3) is 5.82 Å². The van der Waals surface area contributed by atoms with Crippen molar-refractivity contribution in [3.63, 3.8) is 0 Å². The lowest BCUT2D eigenvalue weighted by Crippen LogP contribution is -2.43. The molecule has 8 nitrogen and oxygen atoms in total. The van der Waals surface area contributed by atoms with Crippen molar-refractivity contribution in [1.82, 2.24) is 25.6 Å². The first-order valence-electron chi connectivity index (χ1n) is 7.86. The Bertz CT molecular complexity index is 891. The zero-order valence-electron chi connectivity index (χ0n) is 14.0. The Hall–Kier alpha value is -3.68. The molecule has 0 saturated heterocycles. The van der Waals surface area contributed by atoms with Gasteiger partial charge in [-0.15, -0.1) is 0 Å². The van der Waals surface area contributed by atoms with E-state index in [2.05, 4.69) is 20.9 Å². The highest BCUT2D eigenvalue weighted by molar-refractivity contribution is 5.95. The Morgan fingerprint density at radius 2 is 2.04 bits per heavy atom. The van der Waals surface area contributed by atoms with Gasteiger partial charge in [-0.25, -0.2) is 9.67 Å². The summed E-state index contributed by atoms with van der Waals surface area (Å²) in [5.74, 6) is 0.224. The minimum Gasteiger partial charge on any atom is -0.484 e. The van der Waals surface area contributed by atoms with E-state index < -0.39 is 11.8 Å². The molecule has 0 bridgehead atoms. The van der Waals surface area contributed by atoms with Gasteiger partial charge in [0, 0.05) is 18.6 Å². The Morgan fingerprint density at radius 3 is 2.73 bits per heavy atom. The Kier molecular flexibility index (Phi) is 5.23. The molecule has 2 heterocycles. The molecule has 0 unspecified atom stereocenters. The maximum atomic E-state index is 12.0. The third-order valence-electron chi connectivity index (χ3n) is 3.42. The van der Waals surface area contributed by atoms with Gasteiger partial charge in [-0.1, -0.05) is 12.1 Å². The average molecular weight is 351 g/mol. The molecule has 3 aromatic rings. The van der Waals surface area contributed by atoms with Crippen molar-refractivity contribution in [3.8, 4) is 11.6 Å². The van der Waals surface area contributed by atoms with Crippen molar-refractivity contribution >= 4 is 11.8 Å². The van der Waals surface area contributed by atoms with Crippen molar-refractivity contribution in [1.29, 1.82) is 0 Å². The number of hydrazine groups is 1. The molecule has 0 atom stereocenters. The molecule has 0 aliphatic carbocycles. The molecule has 0 radical (unpaired) electrons. The Morgan fingerprint density at radius 1 is 1.15 bits per heavy atom. The molecule has 0 aliphatic heterocycles. The highest BCUT2D eigenvalue weighted by Crippen LogP contribution is 2.11. The molecule has 3 rings (SSSR count). The monoisotopic (exact) mass is 351 g/mol. The lowest BCUT2D eigenvalue weighted by Gasteiger charge is -2.09. The largest absolute Gasteiger partial charge is 0.484 e. The van der Waals surface area contributed by atoms with E-state index in [-0.39, 0.29) is 6.61 Å². The van der Waals surface area contributed by atoms with Crippen molar-refractivity contribution < 1.29 is 14.3 Å². The number of aryl methyl sites for hydroxylation is 1. The van der Waals surface area contributed by atoms with Gasteiger partial charge in [-0.3, -0.25) is 20.4 Å². The second kappa shape index (κ2) is 7.93. The van der Waals surface area contributed by atoms with E-state index in [9.17, 15) is 9.59 Å². The van der Waals surface area contributed by atoms with Crippen LogP contribution in [0.2, 0.25) is 0 Å². The minimum absolute atomic E-state index is 0.208. The smallest absolute Gasteiger partial charge is 0.276 e. The number of aromatic nitrogens is 3. The van der Waals surface area contributed by atoms with Crippen molar-refractivity contribution in [2.24, 2.45) is 0 Å². The molecule has 0 fully saturated rings. The Labute approximate surface area is 149 Å². The fourth-order valence-corrected chi connectivity index (χ4v) is 2.15. The van der Waals surface area contributed by atoms with Gasteiger partial charge in [0.15, 0.2) is 12.4 Å². The Balaban J connectivity index is 1.48. The van der Waals surface area contributed by atoms with E-state index in [1.165, 1.54) is 6.20 Å². The number of pyridine rings is 1. The molecule has 132 valence electrons. The summed E-state index contributed by atoms with van der Waals surface area (Å²) in [6.45, 7) is 1.72. The fourth-order valence-electron chi connectivity index (χ4n) is 2.15. The number of rotatable bonds is 5. The summed E-state index contributed by atoms with van der Waals surface area (Å²) in [6, 6.07) is 12.4. The predicted molar refractivity (Wildman–Crippen MR) is 93.6 cm³/mol. The summed E-state index contributed by atoms with van der Waals surface area (Å²) < 4.78 is 6.93.